The fourth-order valence-electron chi connectivity index (χ4n) is 3.71. The number of benzene rings is 2. The van der Waals surface area contributed by atoms with Gasteiger partial charge < -0.3 is 20.6 Å². The highest BCUT2D eigenvalue weighted by atomic mass is 16.4. The highest BCUT2D eigenvalue weighted by Crippen LogP contribution is 2.21. The number of nitrogens with zero attached hydrogens (tertiary/aromatic N) is 2. The van der Waals surface area contributed by atoms with Crippen LogP contribution >= 0.6 is 0 Å². The molecule has 34 heavy (non-hydrogen) atoms. The van der Waals surface area contributed by atoms with E-state index in [2.05, 4.69) is 16.4 Å². The van der Waals surface area contributed by atoms with Gasteiger partial charge in [0.1, 0.15) is 5.76 Å². The molecule has 0 radical (unpaired) electrons. The largest absolute Gasteiger partial charge is 0.478 e. The van der Waals surface area contributed by atoms with Crippen molar-refractivity contribution in [2.24, 2.45) is 0 Å². The van der Waals surface area contributed by atoms with Gasteiger partial charge in [0.2, 0.25) is 5.95 Å². The number of nitrogen functional groups attached to an aromatic ring is 1. The predicted molar refractivity (Wildman–Crippen MR) is 130 cm³/mol. The van der Waals surface area contributed by atoms with Crippen molar-refractivity contribution in [2.45, 2.75) is 25.9 Å². The van der Waals surface area contributed by atoms with E-state index in [9.17, 15) is 9.59 Å². The molecule has 0 bridgehead atoms. The van der Waals surface area contributed by atoms with E-state index < -0.39 is 5.97 Å². The number of anilines is 1. The number of carbonyl (C=O) groups is 1. The maximum atomic E-state index is 12.6. The maximum absolute atomic E-state index is 12.6. The third-order valence-corrected chi connectivity index (χ3v) is 5.54. The lowest BCUT2D eigenvalue weighted by Gasteiger charge is -2.11. The Morgan fingerprint density at radius 1 is 1.03 bits per heavy atom. The summed E-state index contributed by atoms with van der Waals surface area (Å²) >= 11 is 0. The molecule has 0 atom stereocenters. The minimum atomic E-state index is -0.951. The number of aromatic nitrogens is 2. The van der Waals surface area contributed by atoms with E-state index in [0.717, 1.165) is 28.9 Å². The van der Waals surface area contributed by atoms with Gasteiger partial charge >= 0.3 is 5.97 Å². The van der Waals surface area contributed by atoms with E-state index in [0.29, 0.717) is 31.7 Å². The van der Waals surface area contributed by atoms with Gasteiger partial charge in [0.15, 0.2) is 0 Å². The Kier molecular flexibility index (Phi) is 7.19. The fraction of sp³-hybridized carbons (Fsp3) is 0.192. The van der Waals surface area contributed by atoms with Crippen LogP contribution in [0, 0.1) is 0 Å². The number of furan rings is 1. The Morgan fingerprint density at radius 2 is 1.85 bits per heavy atom. The van der Waals surface area contributed by atoms with Crippen molar-refractivity contribution in [1.82, 2.24) is 14.9 Å². The van der Waals surface area contributed by atoms with Crippen LogP contribution in [0.25, 0.3) is 11.3 Å². The summed E-state index contributed by atoms with van der Waals surface area (Å²) in [4.78, 5) is 27.9. The first kappa shape index (κ1) is 23.0. The van der Waals surface area contributed by atoms with E-state index in [1.165, 1.54) is 10.6 Å². The van der Waals surface area contributed by atoms with Crippen LogP contribution in [0.15, 0.2) is 82.2 Å². The highest BCUT2D eigenvalue weighted by molar-refractivity contribution is 5.87. The lowest BCUT2D eigenvalue weighted by molar-refractivity contribution is 0.0697. The zero-order valence-corrected chi connectivity index (χ0v) is 18.6. The van der Waals surface area contributed by atoms with Gasteiger partial charge in [-0.05, 0) is 54.3 Å². The average molecular weight is 459 g/mol. The predicted octanol–water partition coefficient (Wildman–Crippen LogP) is 3.36. The third-order valence-electron chi connectivity index (χ3n) is 5.54. The molecule has 174 valence electrons. The molecule has 2 heterocycles. The molecule has 8 heteroatoms. The van der Waals surface area contributed by atoms with E-state index in [4.69, 9.17) is 15.3 Å². The van der Waals surface area contributed by atoms with Gasteiger partial charge in [-0.2, -0.15) is 0 Å². The summed E-state index contributed by atoms with van der Waals surface area (Å²) < 4.78 is 6.91. The smallest absolute Gasteiger partial charge is 0.335 e. The minimum absolute atomic E-state index is 0.181. The van der Waals surface area contributed by atoms with Crippen molar-refractivity contribution in [2.75, 3.05) is 12.3 Å². The Bertz CT molecular complexity index is 1310. The first-order valence-electron chi connectivity index (χ1n) is 11.0. The molecule has 0 saturated carbocycles. The number of carboxylic acid groups (broad SMARTS) is 1. The number of aryl methyl sites for hydroxylation is 2. The number of nitrogens with one attached hydrogen (secondary N) is 1. The summed E-state index contributed by atoms with van der Waals surface area (Å²) in [5, 5.41) is 12.2. The SMILES string of the molecule is Nc1nc(CCc2cccc(-c3ccco3)c2)cc(=O)n1CCNCc1ccc(C(=O)O)cc1. The molecule has 0 aliphatic rings. The quantitative estimate of drug-likeness (QED) is 0.311. The number of hydrogen-bond acceptors (Lipinski definition) is 6. The van der Waals surface area contributed by atoms with Gasteiger partial charge in [-0.15, -0.1) is 0 Å². The summed E-state index contributed by atoms with van der Waals surface area (Å²) in [5.41, 5.74) is 9.89. The number of rotatable bonds is 10. The van der Waals surface area contributed by atoms with Crippen LogP contribution in [0.2, 0.25) is 0 Å². The van der Waals surface area contributed by atoms with E-state index in [1.54, 1.807) is 30.5 Å². The summed E-state index contributed by atoms with van der Waals surface area (Å²) in [6.45, 7) is 1.46. The first-order valence-corrected chi connectivity index (χ1v) is 11.0. The van der Waals surface area contributed by atoms with Gasteiger partial charge in [-0.1, -0.05) is 30.3 Å². The summed E-state index contributed by atoms with van der Waals surface area (Å²) in [7, 11) is 0. The number of nitrogens with two attached hydrogens (primary N) is 1. The first-order chi connectivity index (χ1) is 16.5. The molecule has 0 fully saturated rings. The molecule has 4 rings (SSSR count). The topological polar surface area (TPSA) is 123 Å². The summed E-state index contributed by atoms with van der Waals surface area (Å²) in [6, 6.07) is 20.1. The van der Waals surface area contributed by atoms with Crippen LogP contribution in [0.1, 0.15) is 27.2 Å². The highest BCUT2D eigenvalue weighted by Gasteiger charge is 2.08. The van der Waals surface area contributed by atoms with Gasteiger partial charge in [-0.25, -0.2) is 9.78 Å². The van der Waals surface area contributed by atoms with E-state index >= 15 is 0 Å². The molecule has 2 aromatic carbocycles. The third kappa shape index (κ3) is 5.79. The second-order valence-electron chi connectivity index (χ2n) is 7.95. The maximum Gasteiger partial charge on any atom is 0.335 e. The van der Waals surface area contributed by atoms with Gasteiger partial charge in [0.25, 0.3) is 5.56 Å². The van der Waals surface area contributed by atoms with Gasteiger partial charge in [0, 0.05) is 31.3 Å². The molecule has 0 aliphatic heterocycles. The normalized spacial score (nSPS) is 10.9. The zero-order valence-electron chi connectivity index (χ0n) is 18.6. The van der Waals surface area contributed by atoms with Crippen molar-refractivity contribution < 1.29 is 14.3 Å². The molecule has 8 nitrogen and oxygen atoms in total. The van der Waals surface area contributed by atoms with Crippen LogP contribution in [0.4, 0.5) is 5.95 Å². The van der Waals surface area contributed by atoms with Crippen LogP contribution in [-0.4, -0.2) is 27.2 Å². The number of aromatic carboxylic acids is 1. The molecule has 4 aromatic rings. The minimum Gasteiger partial charge on any atom is -0.478 e. The summed E-state index contributed by atoms with van der Waals surface area (Å²) in [6.07, 6.45) is 2.98. The van der Waals surface area contributed by atoms with E-state index in [-0.39, 0.29) is 17.1 Å². The standard InChI is InChI=1S/C26H26N4O4/c27-26-29-22(11-8-18-3-1-4-21(15-18)23-5-2-14-34-23)16-24(31)30(26)13-12-28-17-19-6-9-20(10-7-19)25(32)33/h1-7,9-10,14-16,28H,8,11-13,17H2,(H2,27,29)(H,32,33). The molecular formula is C26H26N4O4. The second kappa shape index (κ2) is 10.6. The fourth-order valence-corrected chi connectivity index (χ4v) is 3.71. The van der Waals surface area contributed by atoms with Crippen LogP contribution < -0.4 is 16.6 Å². The lowest BCUT2D eigenvalue weighted by atomic mass is 10.0. The average Bonchev–Trinajstić information content (AvgIpc) is 3.37. The molecular weight excluding hydrogens is 432 g/mol. The Balaban J connectivity index is 1.31. The monoisotopic (exact) mass is 458 g/mol. The Labute approximate surface area is 196 Å². The molecule has 0 spiro atoms. The summed E-state index contributed by atoms with van der Waals surface area (Å²) in [5.74, 6) is 0.0600. The van der Waals surface area contributed by atoms with Crippen molar-refractivity contribution in [3.63, 3.8) is 0 Å². The molecule has 0 saturated heterocycles. The molecule has 0 amide bonds. The Hall–Kier alpha value is -4.17. The molecule has 0 aliphatic carbocycles. The van der Waals surface area contributed by atoms with Crippen molar-refractivity contribution in [3.8, 4) is 11.3 Å². The lowest BCUT2D eigenvalue weighted by Crippen LogP contribution is -2.29. The molecule has 4 N–H and O–H groups in total. The van der Waals surface area contributed by atoms with E-state index in [1.807, 2.05) is 30.3 Å². The van der Waals surface area contributed by atoms with Gasteiger partial charge in [0.05, 0.1) is 17.5 Å². The van der Waals surface area contributed by atoms with Gasteiger partial charge in [-0.3, -0.25) is 9.36 Å². The van der Waals surface area contributed by atoms with Crippen molar-refractivity contribution >= 4 is 11.9 Å². The van der Waals surface area contributed by atoms with Crippen LogP contribution in [0.5, 0.6) is 0 Å². The number of hydrogen-bond donors (Lipinski definition) is 3. The van der Waals surface area contributed by atoms with Crippen LogP contribution in [0.3, 0.4) is 0 Å². The number of carboxylic acids is 1. The van der Waals surface area contributed by atoms with Crippen molar-refractivity contribution in [1.29, 1.82) is 0 Å². The second-order valence-corrected chi connectivity index (χ2v) is 7.95. The molecule has 2 aromatic heterocycles. The van der Waals surface area contributed by atoms with Crippen molar-refractivity contribution in [3.05, 3.63) is 106 Å². The van der Waals surface area contributed by atoms with Crippen LogP contribution in [-0.2, 0) is 25.9 Å². The Morgan fingerprint density at radius 3 is 2.56 bits per heavy atom. The zero-order chi connectivity index (χ0) is 23.9. The molecule has 0 unspecified atom stereocenters.